The van der Waals surface area contributed by atoms with Crippen molar-refractivity contribution in [2.75, 3.05) is 0 Å². The second kappa shape index (κ2) is 4.66. The summed E-state index contributed by atoms with van der Waals surface area (Å²) in [6.45, 7) is 0. The highest BCUT2D eigenvalue weighted by Crippen LogP contribution is 2.02. The van der Waals surface area contributed by atoms with Gasteiger partial charge in [0.1, 0.15) is 11.4 Å². The number of aromatic amines is 1. The third-order valence-corrected chi connectivity index (χ3v) is 2.32. The maximum absolute atomic E-state index is 11.4. The second-order valence-corrected chi connectivity index (χ2v) is 3.53. The maximum Gasteiger partial charge on any atom is 0.342 e. The van der Waals surface area contributed by atoms with Gasteiger partial charge in [-0.3, -0.25) is 9.48 Å². The van der Waals surface area contributed by atoms with E-state index in [1.54, 1.807) is 36.1 Å². The van der Waals surface area contributed by atoms with Crippen LogP contribution < -0.4 is 5.56 Å². The number of nitrogens with zero attached hydrogens (tertiary/aromatic N) is 3. The van der Waals surface area contributed by atoms with E-state index >= 15 is 0 Å². The molecule has 92 valence electrons. The lowest BCUT2D eigenvalue weighted by atomic mass is 10.3. The van der Waals surface area contributed by atoms with Crippen LogP contribution in [0.1, 0.15) is 21.9 Å². The average Bonchev–Trinajstić information content (AvgIpc) is 2.72. The molecule has 18 heavy (non-hydrogen) atoms. The van der Waals surface area contributed by atoms with E-state index in [0.717, 1.165) is 11.9 Å². The van der Waals surface area contributed by atoms with Gasteiger partial charge < -0.3 is 10.1 Å². The number of H-pyrrole nitrogens is 1. The van der Waals surface area contributed by atoms with Gasteiger partial charge in [-0.2, -0.15) is 5.10 Å². The standard InChI is InChI=1S/C11H10N4O3/c1-15-7(4-5-13-15)2-3-9-12-6-8(11(17)18)10(16)14-9/h2-6H,1H3,(H,17,18)(H,12,14,16)/b3-2+. The summed E-state index contributed by atoms with van der Waals surface area (Å²) in [5, 5.41) is 12.7. The Hall–Kier alpha value is -2.70. The van der Waals surface area contributed by atoms with Gasteiger partial charge in [-0.1, -0.05) is 0 Å². The average molecular weight is 246 g/mol. The Morgan fingerprint density at radius 3 is 2.83 bits per heavy atom. The minimum atomic E-state index is -1.30. The van der Waals surface area contributed by atoms with Gasteiger partial charge >= 0.3 is 5.97 Å². The molecule has 0 aromatic carbocycles. The minimum absolute atomic E-state index is 0.284. The van der Waals surface area contributed by atoms with Gasteiger partial charge in [-0.15, -0.1) is 0 Å². The first kappa shape index (κ1) is 11.8. The molecule has 0 bridgehead atoms. The predicted octanol–water partition coefficient (Wildman–Crippen LogP) is 0.372. The number of hydrogen-bond donors (Lipinski definition) is 2. The van der Waals surface area contributed by atoms with Crippen LogP contribution in [-0.4, -0.2) is 30.8 Å². The summed E-state index contributed by atoms with van der Waals surface area (Å²) < 4.78 is 1.65. The smallest absolute Gasteiger partial charge is 0.342 e. The normalized spacial score (nSPS) is 10.9. The van der Waals surface area contributed by atoms with Crippen LogP contribution in [0.4, 0.5) is 0 Å². The van der Waals surface area contributed by atoms with E-state index in [0.29, 0.717) is 0 Å². The summed E-state index contributed by atoms with van der Waals surface area (Å²) in [6, 6.07) is 1.79. The number of nitrogens with one attached hydrogen (secondary N) is 1. The molecule has 0 fully saturated rings. The Labute approximate surface area is 101 Å². The third kappa shape index (κ3) is 2.34. The molecule has 2 heterocycles. The number of carbonyl (C=O) groups is 1. The lowest BCUT2D eigenvalue weighted by molar-refractivity contribution is 0.0694. The van der Waals surface area contributed by atoms with E-state index in [4.69, 9.17) is 5.11 Å². The molecule has 0 aliphatic heterocycles. The maximum atomic E-state index is 11.4. The molecule has 7 heteroatoms. The molecule has 0 amide bonds. The highest BCUT2D eigenvalue weighted by atomic mass is 16.4. The molecule has 0 saturated carbocycles. The van der Waals surface area contributed by atoms with Crippen molar-refractivity contribution in [3.8, 4) is 0 Å². The molecule has 2 aromatic heterocycles. The summed E-state index contributed by atoms with van der Waals surface area (Å²) >= 11 is 0. The first-order valence-corrected chi connectivity index (χ1v) is 5.06. The molecule has 0 aliphatic rings. The van der Waals surface area contributed by atoms with E-state index in [1.807, 2.05) is 0 Å². The van der Waals surface area contributed by atoms with Crippen molar-refractivity contribution < 1.29 is 9.90 Å². The third-order valence-electron chi connectivity index (χ3n) is 2.32. The molecule has 7 nitrogen and oxygen atoms in total. The van der Waals surface area contributed by atoms with Gasteiger partial charge in [0.15, 0.2) is 0 Å². The van der Waals surface area contributed by atoms with E-state index in [-0.39, 0.29) is 11.4 Å². The van der Waals surface area contributed by atoms with Gasteiger partial charge in [-0.05, 0) is 18.2 Å². The number of carboxylic acid groups (broad SMARTS) is 1. The Bertz CT molecular complexity index is 669. The molecular weight excluding hydrogens is 236 g/mol. The van der Waals surface area contributed by atoms with Crippen LogP contribution in [0.25, 0.3) is 12.2 Å². The van der Waals surface area contributed by atoms with E-state index in [1.165, 1.54) is 0 Å². The van der Waals surface area contributed by atoms with Crippen molar-refractivity contribution in [3.63, 3.8) is 0 Å². The highest BCUT2D eigenvalue weighted by molar-refractivity contribution is 5.86. The summed E-state index contributed by atoms with van der Waals surface area (Å²) in [5.41, 5.74) is -0.227. The quantitative estimate of drug-likeness (QED) is 0.814. The van der Waals surface area contributed by atoms with Gasteiger partial charge in [-0.25, -0.2) is 9.78 Å². The zero-order valence-electron chi connectivity index (χ0n) is 9.49. The van der Waals surface area contributed by atoms with Crippen molar-refractivity contribution in [1.82, 2.24) is 19.7 Å². The second-order valence-electron chi connectivity index (χ2n) is 3.53. The fraction of sp³-hybridized carbons (Fsp3) is 0.0909. The Balaban J connectivity index is 2.29. The topological polar surface area (TPSA) is 101 Å². The lowest BCUT2D eigenvalue weighted by Crippen LogP contribution is -2.18. The van der Waals surface area contributed by atoms with E-state index in [2.05, 4.69) is 15.1 Å². The molecule has 2 aromatic rings. The first-order chi connectivity index (χ1) is 8.58. The monoisotopic (exact) mass is 246 g/mol. The molecule has 0 aliphatic carbocycles. The van der Waals surface area contributed by atoms with Crippen molar-refractivity contribution in [3.05, 3.63) is 45.9 Å². The summed E-state index contributed by atoms with van der Waals surface area (Å²) in [7, 11) is 1.78. The molecule has 0 spiro atoms. The fourth-order valence-corrected chi connectivity index (χ4v) is 1.36. The van der Waals surface area contributed by atoms with Crippen LogP contribution in [0.5, 0.6) is 0 Å². The van der Waals surface area contributed by atoms with Gasteiger partial charge in [0.2, 0.25) is 0 Å². The van der Waals surface area contributed by atoms with Gasteiger partial charge in [0.25, 0.3) is 5.56 Å². The van der Waals surface area contributed by atoms with Crippen molar-refractivity contribution in [2.24, 2.45) is 7.05 Å². The van der Waals surface area contributed by atoms with Crippen molar-refractivity contribution in [2.45, 2.75) is 0 Å². The largest absolute Gasteiger partial charge is 0.477 e. The SMILES string of the molecule is Cn1nccc1/C=C/c1ncc(C(=O)O)c(=O)[nH]1. The Morgan fingerprint density at radius 1 is 1.50 bits per heavy atom. The van der Waals surface area contributed by atoms with Crippen LogP contribution in [-0.2, 0) is 7.05 Å². The molecule has 0 radical (unpaired) electrons. The number of carboxylic acids is 1. The van der Waals surface area contributed by atoms with E-state index < -0.39 is 11.5 Å². The summed E-state index contributed by atoms with van der Waals surface area (Å²) in [5.74, 6) is -1.02. The number of hydrogen-bond acceptors (Lipinski definition) is 4. The predicted molar refractivity (Wildman–Crippen MR) is 64.0 cm³/mol. The fourth-order valence-electron chi connectivity index (χ4n) is 1.36. The number of aromatic carboxylic acids is 1. The zero-order valence-corrected chi connectivity index (χ0v) is 9.49. The number of rotatable bonds is 3. The van der Waals surface area contributed by atoms with Crippen LogP contribution in [0.2, 0.25) is 0 Å². The van der Waals surface area contributed by atoms with Crippen molar-refractivity contribution >= 4 is 18.1 Å². The van der Waals surface area contributed by atoms with Gasteiger partial charge in [0.05, 0.1) is 5.69 Å². The van der Waals surface area contributed by atoms with Crippen LogP contribution in [0.3, 0.4) is 0 Å². The highest BCUT2D eigenvalue weighted by Gasteiger charge is 2.08. The molecular formula is C11H10N4O3. The van der Waals surface area contributed by atoms with Crippen molar-refractivity contribution in [1.29, 1.82) is 0 Å². The first-order valence-electron chi connectivity index (χ1n) is 5.06. The van der Waals surface area contributed by atoms with Gasteiger partial charge in [0, 0.05) is 19.4 Å². The molecule has 2 rings (SSSR count). The molecule has 0 unspecified atom stereocenters. The summed E-state index contributed by atoms with van der Waals surface area (Å²) in [6.07, 6.45) is 5.96. The molecule has 0 atom stereocenters. The number of aryl methyl sites for hydroxylation is 1. The Morgan fingerprint density at radius 2 is 2.28 bits per heavy atom. The van der Waals surface area contributed by atoms with Crippen LogP contribution >= 0.6 is 0 Å². The summed E-state index contributed by atoms with van der Waals surface area (Å²) in [4.78, 5) is 28.2. The lowest BCUT2D eigenvalue weighted by Gasteiger charge is -1.96. The molecule has 0 saturated heterocycles. The van der Waals surface area contributed by atoms with E-state index in [9.17, 15) is 9.59 Å². The number of aromatic nitrogens is 4. The Kier molecular flexibility index (Phi) is 3.05. The zero-order chi connectivity index (χ0) is 13.1. The molecule has 2 N–H and O–H groups in total. The van der Waals surface area contributed by atoms with Crippen LogP contribution in [0, 0.1) is 0 Å². The minimum Gasteiger partial charge on any atom is -0.477 e. The van der Waals surface area contributed by atoms with Crippen LogP contribution in [0.15, 0.2) is 23.3 Å².